The first-order valence-electron chi connectivity index (χ1n) is 12.3. The number of aryl methyl sites for hydroxylation is 1. The quantitative estimate of drug-likeness (QED) is 0.711. The molecule has 2 amide bonds. The second-order valence-electron chi connectivity index (χ2n) is 9.66. The number of anilines is 1. The molecule has 4 rings (SSSR count). The minimum atomic E-state index is -0.104. The highest BCUT2D eigenvalue weighted by Crippen LogP contribution is 2.37. The van der Waals surface area contributed by atoms with Gasteiger partial charge in [-0.15, -0.1) is 0 Å². The summed E-state index contributed by atoms with van der Waals surface area (Å²) in [6.45, 7) is 8.87. The van der Waals surface area contributed by atoms with Crippen LogP contribution in [-0.2, 0) is 16.0 Å². The zero-order valence-electron chi connectivity index (χ0n) is 20.6. The van der Waals surface area contributed by atoms with Crippen molar-refractivity contribution in [2.24, 2.45) is 0 Å². The molecule has 2 fully saturated rings. The number of hydrogen-bond donors (Lipinski definition) is 1. The fraction of sp³-hybridized carbons (Fsp3) is 0.519. The number of rotatable bonds is 6. The average Bonchev–Trinajstić information content (AvgIpc) is 3.42. The van der Waals surface area contributed by atoms with E-state index in [0.717, 1.165) is 35.2 Å². The smallest absolute Gasteiger partial charge is 0.239 e. The van der Waals surface area contributed by atoms with Crippen molar-refractivity contribution in [2.75, 3.05) is 38.0 Å². The fourth-order valence-electron chi connectivity index (χ4n) is 5.32. The van der Waals surface area contributed by atoms with Crippen molar-refractivity contribution in [3.8, 4) is 6.07 Å². The third-order valence-corrected chi connectivity index (χ3v) is 7.51. The highest BCUT2D eigenvalue weighted by molar-refractivity contribution is 5.93. The molecule has 2 aliphatic rings. The number of nitriles is 1. The van der Waals surface area contributed by atoms with Gasteiger partial charge in [0.1, 0.15) is 11.9 Å². The second kappa shape index (κ2) is 10.4. The lowest BCUT2D eigenvalue weighted by Gasteiger charge is -2.34. The van der Waals surface area contributed by atoms with Gasteiger partial charge in [-0.3, -0.25) is 14.5 Å². The standard InChI is InChI=1S/C27H35N5O2/c1-19-8-4-5-9-22(19)16-26(34)31-14-12-30(13-15-31)18-25(33)29-27-24(17-28)20(2)21(3)32(27)23-10-6-7-11-23/h4-5,8-9,23H,6-7,10-16,18H2,1-3H3,(H,29,33). The summed E-state index contributed by atoms with van der Waals surface area (Å²) >= 11 is 0. The van der Waals surface area contributed by atoms with E-state index < -0.39 is 0 Å². The zero-order valence-corrected chi connectivity index (χ0v) is 20.6. The van der Waals surface area contributed by atoms with Crippen molar-refractivity contribution in [2.45, 2.75) is 58.9 Å². The number of hydrogen-bond acceptors (Lipinski definition) is 4. The van der Waals surface area contributed by atoms with Crippen LogP contribution in [0.1, 0.15) is 59.7 Å². The van der Waals surface area contributed by atoms with Gasteiger partial charge in [-0.05, 0) is 50.3 Å². The van der Waals surface area contributed by atoms with E-state index in [1.807, 2.05) is 49.9 Å². The molecule has 0 spiro atoms. The Bertz CT molecular complexity index is 1100. The van der Waals surface area contributed by atoms with Crippen molar-refractivity contribution in [1.29, 1.82) is 5.26 Å². The molecule has 0 radical (unpaired) electrons. The van der Waals surface area contributed by atoms with Crippen LogP contribution in [-0.4, -0.2) is 58.9 Å². The first-order chi connectivity index (χ1) is 16.4. The molecule has 0 bridgehead atoms. The predicted molar refractivity (Wildman–Crippen MR) is 133 cm³/mol. The summed E-state index contributed by atoms with van der Waals surface area (Å²) < 4.78 is 2.18. The Morgan fingerprint density at radius 3 is 2.38 bits per heavy atom. The van der Waals surface area contributed by atoms with Crippen molar-refractivity contribution in [3.05, 3.63) is 52.2 Å². The molecule has 1 aromatic carbocycles. The maximum absolute atomic E-state index is 13.0. The van der Waals surface area contributed by atoms with E-state index in [2.05, 4.69) is 20.9 Å². The monoisotopic (exact) mass is 461 g/mol. The van der Waals surface area contributed by atoms with Crippen molar-refractivity contribution >= 4 is 17.6 Å². The van der Waals surface area contributed by atoms with Crippen LogP contribution < -0.4 is 5.32 Å². The maximum Gasteiger partial charge on any atom is 0.239 e. The van der Waals surface area contributed by atoms with Crippen LogP contribution in [0, 0.1) is 32.1 Å². The van der Waals surface area contributed by atoms with Gasteiger partial charge in [0.15, 0.2) is 0 Å². The Kier molecular flexibility index (Phi) is 7.38. The van der Waals surface area contributed by atoms with E-state index in [9.17, 15) is 14.9 Å². The molecule has 1 aliphatic carbocycles. The molecule has 0 unspecified atom stereocenters. The van der Waals surface area contributed by atoms with Gasteiger partial charge < -0.3 is 14.8 Å². The van der Waals surface area contributed by atoms with E-state index >= 15 is 0 Å². The number of benzene rings is 1. The van der Waals surface area contributed by atoms with Crippen LogP contribution in [0.25, 0.3) is 0 Å². The molecule has 1 aromatic heterocycles. The third-order valence-electron chi connectivity index (χ3n) is 7.51. The third kappa shape index (κ3) is 5.02. The first kappa shape index (κ1) is 24.0. The molecule has 0 atom stereocenters. The summed E-state index contributed by atoms with van der Waals surface area (Å²) in [6, 6.07) is 10.6. The molecular formula is C27H35N5O2. The molecule has 1 aliphatic heterocycles. The van der Waals surface area contributed by atoms with Gasteiger partial charge in [0.05, 0.1) is 18.5 Å². The first-order valence-corrected chi connectivity index (χ1v) is 12.3. The lowest BCUT2D eigenvalue weighted by atomic mass is 10.1. The van der Waals surface area contributed by atoms with Crippen molar-refractivity contribution in [3.63, 3.8) is 0 Å². The highest BCUT2D eigenvalue weighted by Gasteiger charge is 2.28. The largest absolute Gasteiger partial charge is 0.340 e. The summed E-state index contributed by atoms with van der Waals surface area (Å²) in [5.74, 6) is 0.687. The number of nitrogens with one attached hydrogen (secondary N) is 1. The molecule has 1 N–H and O–H groups in total. The Morgan fingerprint density at radius 1 is 1.06 bits per heavy atom. The fourth-order valence-corrected chi connectivity index (χ4v) is 5.32. The number of carbonyl (C=O) groups is 2. The van der Waals surface area contributed by atoms with Gasteiger partial charge in [-0.1, -0.05) is 37.1 Å². The van der Waals surface area contributed by atoms with E-state index in [0.29, 0.717) is 50.0 Å². The van der Waals surface area contributed by atoms with E-state index in [-0.39, 0.29) is 18.4 Å². The van der Waals surface area contributed by atoms with Crippen molar-refractivity contribution in [1.82, 2.24) is 14.4 Å². The van der Waals surface area contributed by atoms with Crippen LogP contribution in [0.4, 0.5) is 5.82 Å². The highest BCUT2D eigenvalue weighted by atomic mass is 16.2. The van der Waals surface area contributed by atoms with E-state index in [1.165, 1.54) is 12.8 Å². The molecule has 34 heavy (non-hydrogen) atoms. The second-order valence-corrected chi connectivity index (χ2v) is 9.66. The van der Waals surface area contributed by atoms with Gasteiger partial charge in [0.2, 0.25) is 11.8 Å². The Balaban J connectivity index is 1.34. The normalized spacial score (nSPS) is 17.1. The Hall–Kier alpha value is -3.11. The Labute approximate surface area is 202 Å². The molecular weight excluding hydrogens is 426 g/mol. The van der Waals surface area contributed by atoms with Gasteiger partial charge in [-0.25, -0.2) is 0 Å². The lowest BCUT2D eigenvalue weighted by molar-refractivity contribution is -0.132. The zero-order chi connectivity index (χ0) is 24.2. The van der Waals surface area contributed by atoms with Gasteiger partial charge in [0.25, 0.3) is 0 Å². The van der Waals surface area contributed by atoms with Crippen molar-refractivity contribution < 1.29 is 9.59 Å². The van der Waals surface area contributed by atoms with Gasteiger partial charge in [-0.2, -0.15) is 5.26 Å². The van der Waals surface area contributed by atoms with Gasteiger partial charge in [0, 0.05) is 37.9 Å². The number of nitrogens with zero attached hydrogens (tertiary/aromatic N) is 4. The molecule has 180 valence electrons. The van der Waals surface area contributed by atoms with Crippen LogP contribution in [0.3, 0.4) is 0 Å². The SMILES string of the molecule is Cc1ccccc1CC(=O)N1CCN(CC(=O)Nc2c(C#N)c(C)c(C)n2C2CCCC2)CC1. The summed E-state index contributed by atoms with van der Waals surface area (Å²) in [7, 11) is 0. The molecule has 2 aromatic rings. The van der Waals surface area contributed by atoms with Gasteiger partial charge >= 0.3 is 0 Å². The summed E-state index contributed by atoms with van der Waals surface area (Å²) in [6.07, 6.45) is 4.95. The lowest BCUT2D eigenvalue weighted by Crippen LogP contribution is -2.50. The van der Waals surface area contributed by atoms with E-state index in [1.54, 1.807) is 0 Å². The number of piperazine rings is 1. The number of aromatic nitrogens is 1. The number of amides is 2. The molecule has 7 heteroatoms. The topological polar surface area (TPSA) is 81.4 Å². The maximum atomic E-state index is 13.0. The molecule has 1 saturated heterocycles. The molecule has 2 heterocycles. The number of carbonyl (C=O) groups excluding carboxylic acids is 2. The minimum absolute atomic E-state index is 0.104. The van der Waals surface area contributed by atoms with Crippen LogP contribution >= 0.6 is 0 Å². The summed E-state index contributed by atoms with van der Waals surface area (Å²) in [5.41, 5.74) is 4.79. The Morgan fingerprint density at radius 2 is 1.74 bits per heavy atom. The average molecular weight is 462 g/mol. The van der Waals surface area contributed by atoms with E-state index in [4.69, 9.17) is 0 Å². The summed E-state index contributed by atoms with van der Waals surface area (Å²) in [5, 5.41) is 12.8. The summed E-state index contributed by atoms with van der Waals surface area (Å²) in [4.78, 5) is 29.7. The van der Waals surface area contributed by atoms with Crippen LogP contribution in [0.15, 0.2) is 24.3 Å². The predicted octanol–water partition coefficient (Wildman–Crippen LogP) is 3.73. The molecule has 1 saturated carbocycles. The van der Waals surface area contributed by atoms with Crippen LogP contribution in [0.2, 0.25) is 0 Å². The minimum Gasteiger partial charge on any atom is -0.340 e. The van der Waals surface area contributed by atoms with Crippen LogP contribution in [0.5, 0.6) is 0 Å². The molecule has 7 nitrogen and oxygen atoms in total.